The zero-order valence-corrected chi connectivity index (χ0v) is 11.4. The summed E-state index contributed by atoms with van der Waals surface area (Å²) in [5.41, 5.74) is 0. The molecule has 1 aromatic heterocycles. The summed E-state index contributed by atoms with van der Waals surface area (Å²) in [7, 11) is 0. The van der Waals surface area contributed by atoms with Gasteiger partial charge in [-0.1, -0.05) is 11.8 Å². The molecule has 6 heteroatoms. The van der Waals surface area contributed by atoms with Crippen molar-refractivity contribution in [3.05, 3.63) is 18.5 Å². The molecule has 2 heterocycles. The molecule has 0 aromatic carbocycles. The largest absolute Gasteiger partial charge is 0.316 e. The average Bonchev–Trinajstić information content (AvgIpc) is 2.29. The Morgan fingerprint density at radius 1 is 1.31 bits per heavy atom. The molecule has 1 N–H and O–H groups in total. The van der Waals surface area contributed by atoms with Crippen LogP contribution in [0.5, 0.6) is 0 Å². The predicted octanol–water partition coefficient (Wildman–Crippen LogP) is 2.41. The molecule has 2 rings (SSSR count). The molecular weight excluding hydrogens is 265 g/mol. The van der Waals surface area contributed by atoms with Crippen LogP contribution in [0.2, 0.25) is 0 Å². The zero-order valence-electron chi connectivity index (χ0n) is 8.96. The van der Waals surface area contributed by atoms with Crippen molar-refractivity contribution in [3.63, 3.8) is 0 Å². The lowest BCUT2D eigenvalue weighted by Crippen LogP contribution is -2.30. The summed E-state index contributed by atoms with van der Waals surface area (Å²) in [6.07, 6.45) is 6.25. The standard InChI is InChI=1S/C10H15N3S.2ClH/c1-3-9(7-11-4-1)8-14-10-12-5-2-6-13-10;;/h2,5-6,9,11H,1,3-4,7-8H2;2*1H. The van der Waals surface area contributed by atoms with Gasteiger partial charge in [-0.15, -0.1) is 24.8 Å². The van der Waals surface area contributed by atoms with Gasteiger partial charge in [0.2, 0.25) is 0 Å². The number of hydrogen-bond acceptors (Lipinski definition) is 4. The number of thioether (sulfide) groups is 1. The number of piperidine rings is 1. The molecule has 1 atom stereocenters. The third kappa shape index (κ3) is 5.34. The lowest BCUT2D eigenvalue weighted by atomic mass is 10.0. The molecule has 1 fully saturated rings. The lowest BCUT2D eigenvalue weighted by molar-refractivity contribution is 0.410. The summed E-state index contributed by atoms with van der Waals surface area (Å²) in [5.74, 6) is 1.93. The van der Waals surface area contributed by atoms with Crippen molar-refractivity contribution in [2.24, 2.45) is 5.92 Å². The van der Waals surface area contributed by atoms with Gasteiger partial charge in [-0.25, -0.2) is 9.97 Å². The molecule has 0 bridgehead atoms. The second-order valence-corrected chi connectivity index (χ2v) is 4.54. The third-order valence-electron chi connectivity index (χ3n) is 2.39. The Bertz CT molecular complexity index is 268. The first-order valence-corrected chi connectivity index (χ1v) is 6.04. The van der Waals surface area contributed by atoms with Gasteiger partial charge >= 0.3 is 0 Å². The van der Waals surface area contributed by atoms with E-state index in [1.807, 2.05) is 6.07 Å². The molecular formula is C10H17Cl2N3S. The third-order valence-corrected chi connectivity index (χ3v) is 3.50. The fourth-order valence-electron chi connectivity index (χ4n) is 1.62. The van der Waals surface area contributed by atoms with E-state index in [-0.39, 0.29) is 24.8 Å². The van der Waals surface area contributed by atoms with Crippen LogP contribution in [-0.4, -0.2) is 28.8 Å². The topological polar surface area (TPSA) is 37.8 Å². The fourth-order valence-corrected chi connectivity index (χ4v) is 2.56. The van der Waals surface area contributed by atoms with E-state index in [4.69, 9.17) is 0 Å². The first-order valence-electron chi connectivity index (χ1n) is 5.05. The van der Waals surface area contributed by atoms with Crippen LogP contribution in [0, 0.1) is 5.92 Å². The van der Waals surface area contributed by atoms with Gasteiger partial charge in [0.25, 0.3) is 0 Å². The van der Waals surface area contributed by atoms with Crippen molar-refractivity contribution in [3.8, 4) is 0 Å². The van der Waals surface area contributed by atoms with Crippen LogP contribution in [0.1, 0.15) is 12.8 Å². The second-order valence-electron chi connectivity index (χ2n) is 3.55. The van der Waals surface area contributed by atoms with E-state index in [0.717, 1.165) is 23.4 Å². The molecule has 16 heavy (non-hydrogen) atoms. The maximum Gasteiger partial charge on any atom is 0.187 e. The quantitative estimate of drug-likeness (QED) is 0.682. The molecule has 0 saturated carbocycles. The van der Waals surface area contributed by atoms with E-state index in [1.54, 1.807) is 24.2 Å². The van der Waals surface area contributed by atoms with Crippen LogP contribution >= 0.6 is 36.6 Å². The minimum absolute atomic E-state index is 0. The highest BCUT2D eigenvalue weighted by Gasteiger charge is 2.13. The highest BCUT2D eigenvalue weighted by molar-refractivity contribution is 7.99. The highest BCUT2D eigenvalue weighted by Crippen LogP contribution is 2.20. The van der Waals surface area contributed by atoms with Crippen LogP contribution in [0.25, 0.3) is 0 Å². The Labute approximate surface area is 113 Å². The summed E-state index contributed by atoms with van der Waals surface area (Å²) >= 11 is 1.76. The highest BCUT2D eigenvalue weighted by atomic mass is 35.5. The first-order chi connectivity index (χ1) is 6.95. The number of rotatable bonds is 3. The molecule has 0 radical (unpaired) electrons. The maximum atomic E-state index is 4.19. The number of halogens is 2. The van der Waals surface area contributed by atoms with Gasteiger partial charge in [-0.2, -0.15) is 0 Å². The second kappa shape index (κ2) is 9.05. The van der Waals surface area contributed by atoms with E-state index in [2.05, 4.69) is 15.3 Å². The van der Waals surface area contributed by atoms with E-state index in [9.17, 15) is 0 Å². The molecule has 0 aliphatic carbocycles. The minimum Gasteiger partial charge on any atom is -0.316 e. The van der Waals surface area contributed by atoms with E-state index >= 15 is 0 Å². The van der Waals surface area contributed by atoms with Gasteiger partial charge < -0.3 is 5.32 Å². The number of nitrogens with one attached hydrogen (secondary N) is 1. The van der Waals surface area contributed by atoms with E-state index < -0.39 is 0 Å². The van der Waals surface area contributed by atoms with Gasteiger partial charge in [0.05, 0.1) is 0 Å². The number of aromatic nitrogens is 2. The first kappa shape index (κ1) is 16.0. The van der Waals surface area contributed by atoms with Crippen LogP contribution in [0.4, 0.5) is 0 Å². The van der Waals surface area contributed by atoms with E-state index in [0.29, 0.717) is 0 Å². The molecule has 92 valence electrons. The van der Waals surface area contributed by atoms with Crippen molar-refractivity contribution in [2.75, 3.05) is 18.8 Å². The van der Waals surface area contributed by atoms with Crippen molar-refractivity contribution in [1.82, 2.24) is 15.3 Å². The smallest absolute Gasteiger partial charge is 0.187 e. The average molecular weight is 282 g/mol. The Hall–Kier alpha value is -0.0300. The normalized spacial score (nSPS) is 19.4. The summed E-state index contributed by atoms with van der Waals surface area (Å²) in [5, 5.41) is 4.32. The monoisotopic (exact) mass is 281 g/mol. The molecule has 0 amide bonds. The summed E-state index contributed by atoms with van der Waals surface area (Å²) in [4.78, 5) is 8.39. The van der Waals surface area contributed by atoms with Gasteiger partial charge in [-0.05, 0) is 37.9 Å². The maximum absolute atomic E-state index is 4.19. The zero-order chi connectivity index (χ0) is 9.64. The van der Waals surface area contributed by atoms with Crippen molar-refractivity contribution >= 4 is 36.6 Å². The Kier molecular flexibility index (Phi) is 9.03. The molecule has 1 aliphatic heterocycles. The SMILES string of the molecule is Cl.Cl.c1cnc(SCC2CCCNC2)nc1. The van der Waals surface area contributed by atoms with Gasteiger partial charge in [0.1, 0.15) is 0 Å². The molecule has 1 aliphatic rings. The molecule has 1 aromatic rings. The van der Waals surface area contributed by atoms with Gasteiger partial charge in [-0.3, -0.25) is 0 Å². The molecule has 3 nitrogen and oxygen atoms in total. The Morgan fingerprint density at radius 3 is 2.69 bits per heavy atom. The summed E-state index contributed by atoms with van der Waals surface area (Å²) in [6.45, 7) is 2.34. The van der Waals surface area contributed by atoms with Crippen LogP contribution in [-0.2, 0) is 0 Å². The van der Waals surface area contributed by atoms with Crippen LogP contribution in [0.3, 0.4) is 0 Å². The minimum atomic E-state index is 0. The number of nitrogens with zero attached hydrogens (tertiary/aromatic N) is 2. The van der Waals surface area contributed by atoms with Crippen molar-refractivity contribution < 1.29 is 0 Å². The van der Waals surface area contributed by atoms with Crippen LogP contribution < -0.4 is 5.32 Å². The fraction of sp³-hybridized carbons (Fsp3) is 0.600. The van der Waals surface area contributed by atoms with Crippen molar-refractivity contribution in [2.45, 2.75) is 18.0 Å². The summed E-state index contributed by atoms with van der Waals surface area (Å²) in [6, 6.07) is 1.85. The predicted molar refractivity (Wildman–Crippen MR) is 72.8 cm³/mol. The van der Waals surface area contributed by atoms with Crippen molar-refractivity contribution in [1.29, 1.82) is 0 Å². The molecule has 0 spiro atoms. The van der Waals surface area contributed by atoms with Crippen LogP contribution in [0.15, 0.2) is 23.6 Å². The molecule has 1 unspecified atom stereocenters. The van der Waals surface area contributed by atoms with Gasteiger partial charge in [0, 0.05) is 18.1 Å². The van der Waals surface area contributed by atoms with Gasteiger partial charge in [0.15, 0.2) is 5.16 Å². The van der Waals surface area contributed by atoms with E-state index in [1.165, 1.54) is 19.4 Å². The lowest BCUT2D eigenvalue weighted by Gasteiger charge is -2.21. The number of hydrogen-bond donors (Lipinski definition) is 1. The summed E-state index contributed by atoms with van der Waals surface area (Å²) < 4.78 is 0. The Morgan fingerprint density at radius 2 is 2.06 bits per heavy atom. The molecule has 1 saturated heterocycles. The Balaban J connectivity index is 0.00000112.